The third kappa shape index (κ3) is 5.91. The van der Waals surface area contributed by atoms with Gasteiger partial charge in [0, 0.05) is 6.08 Å². The van der Waals surface area contributed by atoms with Crippen molar-refractivity contribution in [2.24, 2.45) is 0 Å². The number of hydrogen-bond acceptors (Lipinski definition) is 8. The van der Waals surface area contributed by atoms with E-state index in [0.29, 0.717) is 22.8 Å². The van der Waals surface area contributed by atoms with Crippen LogP contribution in [0.4, 0.5) is 4.79 Å². The van der Waals surface area contributed by atoms with E-state index in [1.54, 1.807) is 26.0 Å². The van der Waals surface area contributed by atoms with E-state index in [1.165, 1.54) is 33.5 Å². The lowest BCUT2D eigenvalue weighted by Crippen LogP contribution is -2.50. The predicted molar refractivity (Wildman–Crippen MR) is 111 cm³/mol. The minimum atomic E-state index is -0.676. The highest BCUT2D eigenvalue weighted by Gasteiger charge is 2.30. The van der Waals surface area contributed by atoms with Gasteiger partial charge in [-0.3, -0.25) is 0 Å². The van der Waals surface area contributed by atoms with Crippen LogP contribution in [-0.4, -0.2) is 58.6 Å². The standard InChI is InChI=1S/C21H26N2O8/c1-6-30-20(25)18-12(2)22-21(26)23-14(18)11-31-17(24)8-7-13-9-15(27-3)19(29-5)16(10-13)28-4/h7-10,12H,6,11H2,1-5H3,(H2,22,23,26). The molecular formula is C21H26N2O8. The quantitative estimate of drug-likeness (QED) is 0.446. The number of benzene rings is 1. The van der Waals surface area contributed by atoms with Gasteiger partial charge in [-0.05, 0) is 37.6 Å². The Hall–Kier alpha value is -3.69. The molecule has 1 aromatic rings. The van der Waals surface area contributed by atoms with Crippen LogP contribution in [0.5, 0.6) is 17.2 Å². The molecule has 0 bridgehead atoms. The lowest BCUT2D eigenvalue weighted by Gasteiger charge is -2.26. The van der Waals surface area contributed by atoms with Crippen LogP contribution >= 0.6 is 0 Å². The molecule has 1 heterocycles. The largest absolute Gasteiger partial charge is 0.493 e. The first-order valence-corrected chi connectivity index (χ1v) is 9.47. The molecule has 1 unspecified atom stereocenters. The fourth-order valence-electron chi connectivity index (χ4n) is 2.95. The SMILES string of the molecule is CCOC(=O)C1=C(COC(=O)C=Cc2cc(OC)c(OC)c(OC)c2)NC(=O)NC1C. The molecule has 168 valence electrons. The summed E-state index contributed by atoms with van der Waals surface area (Å²) in [5.41, 5.74) is 0.980. The second kappa shape index (κ2) is 10.9. The van der Waals surface area contributed by atoms with Crippen molar-refractivity contribution in [2.75, 3.05) is 34.5 Å². The molecule has 2 rings (SSSR count). The first-order valence-electron chi connectivity index (χ1n) is 9.47. The molecule has 1 aromatic carbocycles. The van der Waals surface area contributed by atoms with Gasteiger partial charge in [0.1, 0.15) is 6.61 Å². The zero-order chi connectivity index (χ0) is 23.0. The lowest BCUT2D eigenvalue weighted by molar-refractivity contribution is -0.140. The van der Waals surface area contributed by atoms with Crippen molar-refractivity contribution in [1.82, 2.24) is 10.6 Å². The van der Waals surface area contributed by atoms with Crippen LogP contribution < -0.4 is 24.8 Å². The van der Waals surface area contributed by atoms with Gasteiger partial charge in [0.05, 0.1) is 45.2 Å². The Labute approximate surface area is 180 Å². The van der Waals surface area contributed by atoms with E-state index >= 15 is 0 Å². The summed E-state index contributed by atoms with van der Waals surface area (Å²) in [6.07, 6.45) is 2.72. The Morgan fingerprint density at radius 3 is 2.26 bits per heavy atom. The van der Waals surface area contributed by atoms with Crippen molar-refractivity contribution in [1.29, 1.82) is 0 Å². The third-order valence-electron chi connectivity index (χ3n) is 4.32. The maximum absolute atomic E-state index is 12.2. The first-order chi connectivity index (χ1) is 14.8. The van der Waals surface area contributed by atoms with Crippen molar-refractivity contribution in [3.8, 4) is 17.2 Å². The molecule has 0 aromatic heterocycles. The molecule has 0 aliphatic carbocycles. The number of methoxy groups -OCH3 is 3. The predicted octanol–water partition coefficient (Wildman–Crippen LogP) is 1.79. The number of carbonyl (C=O) groups is 3. The van der Waals surface area contributed by atoms with Gasteiger partial charge in [-0.15, -0.1) is 0 Å². The Kier molecular flexibility index (Phi) is 8.30. The summed E-state index contributed by atoms with van der Waals surface area (Å²) < 4.78 is 26.0. The zero-order valence-electron chi connectivity index (χ0n) is 18.1. The Balaban J connectivity index is 2.15. The molecule has 10 nitrogen and oxygen atoms in total. The van der Waals surface area contributed by atoms with E-state index in [0.717, 1.165) is 0 Å². The average Bonchev–Trinajstić information content (AvgIpc) is 2.74. The molecule has 0 saturated carbocycles. The molecule has 2 N–H and O–H groups in total. The molecule has 0 radical (unpaired) electrons. The van der Waals surface area contributed by atoms with Crippen molar-refractivity contribution in [3.63, 3.8) is 0 Å². The zero-order valence-corrected chi connectivity index (χ0v) is 18.1. The van der Waals surface area contributed by atoms with Crippen LogP contribution in [0, 0.1) is 0 Å². The summed E-state index contributed by atoms with van der Waals surface area (Å²) in [4.78, 5) is 36.1. The van der Waals surface area contributed by atoms with E-state index in [-0.39, 0.29) is 24.5 Å². The van der Waals surface area contributed by atoms with E-state index < -0.39 is 24.0 Å². The molecule has 0 saturated heterocycles. The van der Waals surface area contributed by atoms with Gasteiger partial charge in [-0.2, -0.15) is 0 Å². The number of rotatable bonds is 9. The van der Waals surface area contributed by atoms with E-state index in [2.05, 4.69) is 10.6 Å². The molecule has 10 heteroatoms. The molecule has 1 aliphatic rings. The number of hydrogen-bond donors (Lipinski definition) is 2. The first kappa shape index (κ1) is 23.6. The summed E-state index contributed by atoms with van der Waals surface area (Å²) in [5, 5.41) is 5.06. The van der Waals surface area contributed by atoms with E-state index in [9.17, 15) is 14.4 Å². The molecule has 31 heavy (non-hydrogen) atoms. The highest BCUT2D eigenvalue weighted by atomic mass is 16.5. The summed E-state index contributed by atoms with van der Waals surface area (Å²) in [5.74, 6) is 0.0290. The smallest absolute Gasteiger partial charge is 0.338 e. The highest BCUT2D eigenvalue weighted by Crippen LogP contribution is 2.38. The van der Waals surface area contributed by atoms with Crippen LogP contribution in [-0.2, 0) is 19.1 Å². The minimum absolute atomic E-state index is 0.171. The third-order valence-corrected chi connectivity index (χ3v) is 4.32. The van der Waals surface area contributed by atoms with Crippen molar-refractivity contribution in [2.45, 2.75) is 19.9 Å². The second-order valence-electron chi connectivity index (χ2n) is 6.33. The summed E-state index contributed by atoms with van der Waals surface area (Å²) >= 11 is 0. The Morgan fingerprint density at radius 2 is 1.71 bits per heavy atom. The fourth-order valence-corrected chi connectivity index (χ4v) is 2.95. The maximum atomic E-state index is 12.2. The molecule has 2 amide bonds. The van der Waals surface area contributed by atoms with Gasteiger partial charge < -0.3 is 34.3 Å². The van der Waals surface area contributed by atoms with Crippen LogP contribution in [0.3, 0.4) is 0 Å². The molecule has 0 spiro atoms. The normalized spacial score (nSPS) is 15.8. The number of urea groups is 1. The van der Waals surface area contributed by atoms with Gasteiger partial charge in [-0.25, -0.2) is 14.4 Å². The van der Waals surface area contributed by atoms with Crippen LogP contribution in [0.2, 0.25) is 0 Å². The number of esters is 2. The summed E-state index contributed by atoms with van der Waals surface area (Å²) in [6.45, 7) is 3.18. The average molecular weight is 434 g/mol. The van der Waals surface area contributed by atoms with Gasteiger partial charge in [-0.1, -0.05) is 0 Å². The second-order valence-corrected chi connectivity index (χ2v) is 6.33. The van der Waals surface area contributed by atoms with Gasteiger partial charge in [0.25, 0.3) is 0 Å². The fraction of sp³-hybridized carbons (Fsp3) is 0.381. The minimum Gasteiger partial charge on any atom is -0.493 e. The molecule has 1 atom stereocenters. The summed E-state index contributed by atoms with van der Waals surface area (Å²) in [7, 11) is 4.47. The van der Waals surface area contributed by atoms with Crippen molar-refractivity contribution < 1.29 is 38.1 Å². The van der Waals surface area contributed by atoms with E-state index in [4.69, 9.17) is 23.7 Å². The van der Waals surface area contributed by atoms with Gasteiger partial charge in [0.2, 0.25) is 5.75 Å². The summed E-state index contributed by atoms with van der Waals surface area (Å²) in [6, 6.07) is 2.25. The number of amides is 2. The number of carbonyl (C=O) groups excluding carboxylic acids is 3. The Bertz CT molecular complexity index is 882. The van der Waals surface area contributed by atoms with Crippen LogP contribution in [0.25, 0.3) is 6.08 Å². The van der Waals surface area contributed by atoms with Crippen LogP contribution in [0.15, 0.2) is 29.5 Å². The lowest BCUT2D eigenvalue weighted by atomic mass is 10.0. The van der Waals surface area contributed by atoms with E-state index in [1.807, 2.05) is 0 Å². The van der Waals surface area contributed by atoms with Gasteiger partial charge >= 0.3 is 18.0 Å². The number of ether oxygens (including phenoxy) is 5. The van der Waals surface area contributed by atoms with Crippen LogP contribution in [0.1, 0.15) is 19.4 Å². The Morgan fingerprint density at radius 1 is 1.06 bits per heavy atom. The molecule has 1 aliphatic heterocycles. The van der Waals surface area contributed by atoms with Crippen molar-refractivity contribution >= 4 is 24.0 Å². The number of nitrogens with one attached hydrogen (secondary N) is 2. The maximum Gasteiger partial charge on any atom is 0.338 e. The van der Waals surface area contributed by atoms with Crippen molar-refractivity contribution in [3.05, 3.63) is 35.0 Å². The monoisotopic (exact) mass is 434 g/mol. The topological polar surface area (TPSA) is 121 Å². The van der Waals surface area contributed by atoms with Gasteiger partial charge in [0.15, 0.2) is 11.5 Å². The highest BCUT2D eigenvalue weighted by molar-refractivity contribution is 5.95. The molecule has 0 fully saturated rings. The molecular weight excluding hydrogens is 408 g/mol.